The SMILES string of the molecule is CC(C)C[C@@H](NC(=O)N1CCCCCC1)C(=O)N(C)[C@@H](Cc1c[nH]c2ccccc12)C(=O)N[C@H](Cc1ccccn1)C(=O)N[C@@H](Cc1ccccc1)C(=O)[O-].[Na+]. The van der Waals surface area contributed by atoms with Gasteiger partial charge in [-0.15, -0.1) is 0 Å². The van der Waals surface area contributed by atoms with Gasteiger partial charge in [0, 0.05) is 62.0 Å². The van der Waals surface area contributed by atoms with E-state index in [0.29, 0.717) is 30.8 Å². The topological polar surface area (TPSA) is 180 Å². The number of carboxylic acids is 1. The number of carbonyl (C=O) groups is 5. The summed E-state index contributed by atoms with van der Waals surface area (Å²) in [7, 11) is 1.53. The van der Waals surface area contributed by atoms with Gasteiger partial charge in [0.1, 0.15) is 18.1 Å². The zero-order valence-electron chi connectivity index (χ0n) is 32.8. The molecule has 1 aliphatic rings. The van der Waals surface area contributed by atoms with Crippen molar-refractivity contribution < 1.29 is 58.6 Å². The number of benzene rings is 2. The number of hydrogen-bond donors (Lipinski definition) is 4. The van der Waals surface area contributed by atoms with Crippen molar-refractivity contribution in [2.45, 2.75) is 89.4 Å². The van der Waals surface area contributed by atoms with E-state index < -0.39 is 47.9 Å². The van der Waals surface area contributed by atoms with Crippen LogP contribution in [0.1, 0.15) is 62.8 Å². The number of nitrogens with zero attached hydrogens (tertiary/aromatic N) is 3. The Balaban J connectivity index is 0.00000696. The average molecular weight is 774 g/mol. The maximum Gasteiger partial charge on any atom is 1.00 e. The van der Waals surface area contributed by atoms with Crippen LogP contribution in [-0.4, -0.2) is 93.8 Å². The van der Waals surface area contributed by atoms with Crippen molar-refractivity contribution in [2.75, 3.05) is 20.1 Å². The van der Waals surface area contributed by atoms with Gasteiger partial charge in [0.25, 0.3) is 0 Å². The van der Waals surface area contributed by atoms with Gasteiger partial charge < -0.3 is 40.6 Å². The van der Waals surface area contributed by atoms with Crippen molar-refractivity contribution in [1.29, 1.82) is 0 Å². The molecule has 56 heavy (non-hydrogen) atoms. The quantitative estimate of drug-likeness (QED) is 0.117. The number of fused-ring (bicyclic) bond motifs is 1. The van der Waals surface area contributed by atoms with Crippen LogP contribution in [0.4, 0.5) is 4.79 Å². The van der Waals surface area contributed by atoms with Crippen LogP contribution in [0.25, 0.3) is 10.9 Å². The molecule has 0 saturated carbocycles. The fourth-order valence-corrected chi connectivity index (χ4v) is 7.04. The van der Waals surface area contributed by atoms with Crippen LogP contribution < -0.4 is 50.6 Å². The van der Waals surface area contributed by atoms with E-state index in [4.69, 9.17) is 0 Å². The first-order valence-electron chi connectivity index (χ1n) is 19.1. The predicted octanol–water partition coefficient (Wildman–Crippen LogP) is 0.142. The number of H-pyrrole nitrogens is 1. The standard InChI is InChI=1S/C42H53N7O6.Na/c1-28(2)23-35(47-42(55)49-21-13-4-5-14-22-49)40(52)48(3)37(25-30-27-44-33-19-10-9-18-32(30)33)39(51)45-34(26-31-17-11-12-20-43-31)38(50)46-36(41(53)54)24-29-15-7-6-8-16-29;/h6-12,15-20,27-28,34-37,44H,4-5,13-14,21-26H2,1-3H3,(H,45,51)(H,46,50)(H,47,55)(H,53,54);/q;+1/p-1/t34-,35-,36+,37+;/m1./s1. The Kier molecular flexibility index (Phi) is 16.9. The van der Waals surface area contributed by atoms with Crippen LogP contribution in [0.3, 0.4) is 0 Å². The minimum atomic E-state index is -1.47. The molecule has 4 N–H and O–H groups in total. The summed E-state index contributed by atoms with van der Waals surface area (Å²) in [6.07, 6.45) is 7.59. The molecular formula is C42H52N7NaO6. The van der Waals surface area contributed by atoms with Crippen molar-refractivity contribution >= 4 is 40.6 Å². The van der Waals surface area contributed by atoms with Crippen LogP contribution in [-0.2, 0) is 38.4 Å². The maximum absolute atomic E-state index is 14.6. The third-order valence-corrected chi connectivity index (χ3v) is 10.1. The first-order valence-corrected chi connectivity index (χ1v) is 19.1. The number of carbonyl (C=O) groups excluding carboxylic acids is 5. The zero-order chi connectivity index (χ0) is 39.3. The smallest absolute Gasteiger partial charge is 0.548 e. The molecule has 292 valence electrons. The number of likely N-dealkylation sites (N-methyl/N-ethyl adjacent to an activating group) is 1. The minimum Gasteiger partial charge on any atom is -0.548 e. The molecule has 0 unspecified atom stereocenters. The first kappa shape index (κ1) is 44.0. The summed E-state index contributed by atoms with van der Waals surface area (Å²) in [5, 5.41) is 21.5. The summed E-state index contributed by atoms with van der Waals surface area (Å²) >= 11 is 0. The second kappa shape index (κ2) is 21.5. The van der Waals surface area contributed by atoms with E-state index >= 15 is 0 Å². The van der Waals surface area contributed by atoms with Crippen LogP contribution in [0, 0.1) is 5.92 Å². The van der Waals surface area contributed by atoms with Crippen molar-refractivity contribution in [3.63, 3.8) is 0 Å². The van der Waals surface area contributed by atoms with E-state index in [0.717, 1.165) is 42.1 Å². The van der Waals surface area contributed by atoms with E-state index in [-0.39, 0.29) is 60.8 Å². The Morgan fingerprint density at radius 2 is 1.45 bits per heavy atom. The van der Waals surface area contributed by atoms with Crippen LogP contribution >= 0.6 is 0 Å². The van der Waals surface area contributed by atoms with Crippen molar-refractivity contribution in [3.05, 3.63) is 102 Å². The summed E-state index contributed by atoms with van der Waals surface area (Å²) in [6, 6.07) is 16.6. The van der Waals surface area contributed by atoms with Gasteiger partial charge in [-0.2, -0.15) is 0 Å². The Hall–Kier alpha value is -4.72. The summed E-state index contributed by atoms with van der Waals surface area (Å²) < 4.78 is 0. The number of rotatable bonds is 16. The van der Waals surface area contributed by atoms with E-state index in [2.05, 4.69) is 25.9 Å². The molecule has 14 heteroatoms. The zero-order valence-corrected chi connectivity index (χ0v) is 34.8. The second-order valence-electron chi connectivity index (χ2n) is 14.7. The number of urea groups is 1. The number of amides is 5. The van der Waals surface area contributed by atoms with Gasteiger partial charge in [0.05, 0.1) is 12.0 Å². The van der Waals surface area contributed by atoms with Gasteiger partial charge in [-0.1, -0.05) is 81.3 Å². The Labute approximate surface area is 350 Å². The number of aromatic amines is 1. The van der Waals surface area contributed by atoms with Gasteiger partial charge in [-0.3, -0.25) is 19.4 Å². The minimum absolute atomic E-state index is 0. The molecule has 13 nitrogen and oxygen atoms in total. The summed E-state index contributed by atoms with van der Waals surface area (Å²) in [6.45, 7) is 5.15. The summed E-state index contributed by atoms with van der Waals surface area (Å²) in [4.78, 5) is 79.4. The molecule has 2 aromatic heterocycles. The molecule has 0 spiro atoms. The number of hydrogen-bond acceptors (Lipinski definition) is 7. The summed E-state index contributed by atoms with van der Waals surface area (Å²) in [5.74, 6) is -3.24. The molecular weight excluding hydrogens is 721 g/mol. The van der Waals surface area contributed by atoms with Crippen molar-refractivity contribution in [2.24, 2.45) is 5.92 Å². The van der Waals surface area contributed by atoms with Crippen molar-refractivity contribution in [3.8, 4) is 0 Å². The van der Waals surface area contributed by atoms with E-state index in [1.54, 1.807) is 65.8 Å². The second-order valence-corrected chi connectivity index (χ2v) is 14.7. The number of para-hydroxylation sites is 1. The molecule has 4 atom stereocenters. The van der Waals surface area contributed by atoms with Crippen LogP contribution in [0.2, 0.25) is 0 Å². The van der Waals surface area contributed by atoms with E-state index in [1.165, 1.54) is 11.9 Å². The third kappa shape index (κ3) is 12.4. The van der Waals surface area contributed by atoms with Crippen LogP contribution in [0.15, 0.2) is 85.2 Å². The van der Waals surface area contributed by atoms with Gasteiger partial charge in [-0.25, -0.2) is 4.79 Å². The molecule has 0 aliphatic carbocycles. The number of carboxylic acid groups (broad SMARTS) is 1. The largest absolute Gasteiger partial charge is 1.00 e. The average Bonchev–Trinajstić information content (AvgIpc) is 3.38. The number of nitrogens with one attached hydrogen (secondary N) is 4. The first-order chi connectivity index (χ1) is 26.5. The van der Waals surface area contributed by atoms with Crippen LogP contribution in [0.5, 0.6) is 0 Å². The molecule has 5 amide bonds. The van der Waals surface area contributed by atoms with Crippen molar-refractivity contribution in [1.82, 2.24) is 35.7 Å². The van der Waals surface area contributed by atoms with Gasteiger partial charge in [0.15, 0.2) is 0 Å². The Bertz CT molecular complexity index is 1900. The number of aromatic nitrogens is 2. The normalized spacial score (nSPS) is 15.0. The molecule has 0 bridgehead atoms. The summed E-state index contributed by atoms with van der Waals surface area (Å²) in [5.41, 5.74) is 2.80. The third-order valence-electron chi connectivity index (χ3n) is 10.1. The molecule has 5 rings (SSSR count). The molecule has 1 fully saturated rings. The Morgan fingerprint density at radius 3 is 2.11 bits per heavy atom. The van der Waals surface area contributed by atoms with E-state index in [1.807, 2.05) is 38.1 Å². The fraction of sp³-hybridized carbons (Fsp3) is 0.429. The van der Waals surface area contributed by atoms with E-state index in [9.17, 15) is 29.1 Å². The molecule has 3 heterocycles. The number of aliphatic carboxylic acids is 1. The molecule has 1 aliphatic heterocycles. The van der Waals surface area contributed by atoms with Gasteiger partial charge in [-0.05, 0) is 60.9 Å². The monoisotopic (exact) mass is 773 g/mol. The number of likely N-dealkylation sites (tertiary alicyclic amines) is 1. The van der Waals surface area contributed by atoms with Gasteiger partial charge in [0.2, 0.25) is 17.7 Å². The molecule has 1 saturated heterocycles. The molecule has 4 aromatic rings. The maximum atomic E-state index is 14.6. The fourth-order valence-electron chi connectivity index (χ4n) is 7.04. The number of pyridine rings is 1. The molecule has 0 radical (unpaired) electrons. The predicted molar refractivity (Wildman–Crippen MR) is 207 cm³/mol. The van der Waals surface area contributed by atoms with Gasteiger partial charge >= 0.3 is 35.6 Å². The Morgan fingerprint density at radius 1 is 0.786 bits per heavy atom. The molecule has 2 aromatic carbocycles.